The van der Waals surface area contributed by atoms with E-state index in [0.717, 1.165) is 15.6 Å². The lowest BCUT2D eigenvalue weighted by Gasteiger charge is -1.93. The van der Waals surface area contributed by atoms with E-state index in [-0.39, 0.29) is 10.9 Å². The summed E-state index contributed by atoms with van der Waals surface area (Å²) in [6.07, 6.45) is 0. The van der Waals surface area contributed by atoms with Crippen LogP contribution in [0.4, 0.5) is 0 Å². The number of phenols is 1. The van der Waals surface area contributed by atoms with Gasteiger partial charge in [0.1, 0.15) is 5.75 Å². The molecule has 23 heavy (non-hydrogen) atoms. The summed E-state index contributed by atoms with van der Waals surface area (Å²) in [5.41, 5.74) is 7.09. The summed E-state index contributed by atoms with van der Waals surface area (Å²) >= 11 is 5.11. The van der Waals surface area contributed by atoms with Gasteiger partial charge in [0.25, 0.3) is 0 Å². The molecule has 1 heterocycles. The van der Waals surface area contributed by atoms with Crippen LogP contribution < -0.4 is 5.73 Å². The molecule has 4 nitrogen and oxygen atoms in total. The molecule has 116 valence electrons. The molecule has 0 aliphatic heterocycles. The van der Waals surface area contributed by atoms with Crippen molar-refractivity contribution in [2.45, 2.75) is 6.54 Å². The molecular formula is C17H14N2O2S2. The quantitative estimate of drug-likeness (QED) is 0.620. The molecule has 0 amide bonds. The minimum atomic E-state index is -0.235. The van der Waals surface area contributed by atoms with E-state index in [9.17, 15) is 9.90 Å². The first-order valence-corrected chi connectivity index (χ1v) is 7.95. The number of thiophene rings is 1. The fraction of sp³-hybridized carbons (Fsp3) is 0.0588. The smallest absolute Gasteiger partial charge is 0.226 e. The minimum Gasteiger partial charge on any atom is -0.508 e. The van der Waals surface area contributed by atoms with Gasteiger partial charge in [-0.25, -0.2) is 0 Å². The molecule has 0 spiro atoms. The fourth-order valence-electron chi connectivity index (χ4n) is 1.85. The maximum absolute atomic E-state index is 10.9. The summed E-state index contributed by atoms with van der Waals surface area (Å²) in [6, 6.07) is 16.0. The van der Waals surface area contributed by atoms with Crippen LogP contribution in [0, 0.1) is 11.3 Å². The van der Waals surface area contributed by atoms with Crippen molar-refractivity contribution in [3.8, 4) is 11.8 Å². The molecule has 0 unspecified atom stereocenters. The fourth-order valence-corrected chi connectivity index (χ4v) is 2.93. The van der Waals surface area contributed by atoms with Crippen molar-refractivity contribution in [3.05, 3.63) is 64.5 Å². The largest absolute Gasteiger partial charge is 0.508 e. The van der Waals surface area contributed by atoms with Gasteiger partial charge in [0, 0.05) is 11.2 Å². The van der Waals surface area contributed by atoms with Crippen molar-refractivity contribution >= 4 is 39.2 Å². The highest BCUT2D eigenvalue weighted by molar-refractivity contribution is 7.97. The zero-order valence-electron chi connectivity index (χ0n) is 12.1. The molecule has 0 saturated heterocycles. The topological polar surface area (TPSA) is 87.1 Å². The number of carbonyl (C=O) groups excluding carboxylic acids is 1. The second-order valence-electron chi connectivity index (χ2n) is 4.65. The Balaban J connectivity index is 0.000000174. The molecule has 3 N–H and O–H groups in total. The second kappa shape index (κ2) is 7.79. The van der Waals surface area contributed by atoms with Gasteiger partial charge in [-0.05, 0) is 47.3 Å². The lowest BCUT2D eigenvalue weighted by molar-refractivity contribution is 0.109. The molecule has 3 aromatic rings. The predicted molar refractivity (Wildman–Crippen MR) is 95.9 cm³/mol. The van der Waals surface area contributed by atoms with Crippen LogP contribution in [0.2, 0.25) is 0 Å². The molecule has 0 saturated carbocycles. The van der Waals surface area contributed by atoms with Gasteiger partial charge < -0.3 is 10.8 Å². The molecule has 0 fully saturated rings. The zero-order valence-corrected chi connectivity index (χ0v) is 13.8. The average Bonchev–Trinajstić information content (AvgIpc) is 2.99. The number of nitriles is 1. The molecule has 0 bridgehead atoms. The van der Waals surface area contributed by atoms with Crippen molar-refractivity contribution < 1.29 is 9.90 Å². The van der Waals surface area contributed by atoms with Crippen LogP contribution in [0.5, 0.6) is 5.75 Å². The number of carbonyl (C=O) groups is 1. The molecule has 0 radical (unpaired) electrons. The van der Waals surface area contributed by atoms with Crippen LogP contribution in [0.1, 0.15) is 20.8 Å². The highest BCUT2D eigenvalue weighted by Gasteiger charge is 2.06. The van der Waals surface area contributed by atoms with Crippen LogP contribution in [-0.4, -0.2) is 10.2 Å². The number of hydrogen-bond acceptors (Lipinski definition) is 5. The van der Waals surface area contributed by atoms with Gasteiger partial charge in [-0.2, -0.15) is 5.26 Å². The third kappa shape index (κ3) is 4.57. The Hall–Kier alpha value is -2.33. The third-order valence-electron chi connectivity index (χ3n) is 3.03. The lowest BCUT2D eigenvalue weighted by Crippen LogP contribution is -1.94. The molecule has 0 aliphatic rings. The predicted octanol–water partition coefficient (Wildman–Crippen LogP) is 3.69. The molecular weight excluding hydrogens is 328 g/mol. The zero-order chi connectivity index (χ0) is 16.8. The average molecular weight is 342 g/mol. The highest BCUT2D eigenvalue weighted by atomic mass is 32.1. The maximum Gasteiger partial charge on any atom is 0.226 e. The van der Waals surface area contributed by atoms with Crippen molar-refractivity contribution in [2.24, 2.45) is 5.73 Å². The van der Waals surface area contributed by atoms with E-state index in [0.29, 0.717) is 17.0 Å². The summed E-state index contributed by atoms with van der Waals surface area (Å²) in [4.78, 5) is 11.5. The molecule has 0 aliphatic carbocycles. The van der Waals surface area contributed by atoms with Crippen LogP contribution in [-0.2, 0) is 6.54 Å². The van der Waals surface area contributed by atoms with Crippen LogP contribution in [0.25, 0.3) is 10.1 Å². The first kappa shape index (κ1) is 17.0. The van der Waals surface area contributed by atoms with Crippen LogP contribution >= 0.6 is 24.0 Å². The molecule has 0 atom stereocenters. The Morgan fingerprint density at radius 2 is 1.91 bits per heavy atom. The Morgan fingerprint density at radius 3 is 2.48 bits per heavy atom. The Morgan fingerprint density at radius 1 is 1.22 bits per heavy atom. The normalized spacial score (nSPS) is 9.78. The standard InChI is InChI=1S/C9H6O2S2.C8H8N2/c10-6-1-2-7-5(3-6)4-8(13-7)9(11)12;9-5-7-1-2-8(6-10)4-3-7/h1-4,10H,(H,11,12);1-4H,5,9H2. The van der Waals surface area contributed by atoms with E-state index in [2.05, 4.69) is 12.6 Å². The number of nitrogens with two attached hydrogens (primary N) is 1. The second-order valence-corrected chi connectivity index (χ2v) is 6.14. The number of rotatable bonds is 2. The number of fused-ring (bicyclic) bond motifs is 1. The van der Waals surface area contributed by atoms with Crippen LogP contribution in [0.3, 0.4) is 0 Å². The van der Waals surface area contributed by atoms with Gasteiger partial charge in [0.2, 0.25) is 5.12 Å². The Kier molecular flexibility index (Phi) is 5.77. The summed E-state index contributed by atoms with van der Waals surface area (Å²) in [5.74, 6) is 0.212. The number of nitrogens with zero attached hydrogens (tertiary/aromatic N) is 1. The van der Waals surface area contributed by atoms with Gasteiger partial charge in [0.05, 0.1) is 16.5 Å². The van der Waals surface area contributed by atoms with Gasteiger partial charge in [-0.3, -0.25) is 4.79 Å². The highest BCUT2D eigenvalue weighted by Crippen LogP contribution is 2.29. The number of phenolic OH excluding ortho intramolecular Hbond substituents is 1. The molecule has 3 rings (SSSR count). The van der Waals surface area contributed by atoms with E-state index in [1.807, 2.05) is 18.2 Å². The maximum atomic E-state index is 10.9. The monoisotopic (exact) mass is 342 g/mol. The first-order valence-electron chi connectivity index (χ1n) is 6.68. The number of benzene rings is 2. The Labute approximate surface area is 143 Å². The van der Waals surface area contributed by atoms with Crippen molar-refractivity contribution in [1.29, 1.82) is 5.26 Å². The van der Waals surface area contributed by atoms with Crippen molar-refractivity contribution in [2.75, 3.05) is 0 Å². The summed E-state index contributed by atoms with van der Waals surface area (Å²) < 4.78 is 0.982. The first-order chi connectivity index (χ1) is 11.0. The SMILES string of the molecule is N#Cc1ccc(CN)cc1.O=C(S)c1cc2cc(O)ccc2s1. The summed E-state index contributed by atoms with van der Waals surface area (Å²) in [7, 11) is 0. The number of hydrogen-bond donors (Lipinski definition) is 3. The van der Waals surface area contributed by atoms with E-state index in [1.54, 1.807) is 36.4 Å². The Bertz CT molecular complexity index is 864. The van der Waals surface area contributed by atoms with Gasteiger partial charge in [0.15, 0.2) is 0 Å². The lowest BCUT2D eigenvalue weighted by atomic mass is 10.1. The van der Waals surface area contributed by atoms with E-state index >= 15 is 0 Å². The molecule has 2 aromatic carbocycles. The minimum absolute atomic E-state index is 0.212. The van der Waals surface area contributed by atoms with Crippen LogP contribution in [0.15, 0.2) is 48.5 Å². The van der Waals surface area contributed by atoms with E-state index in [4.69, 9.17) is 11.0 Å². The number of aromatic hydroxyl groups is 1. The summed E-state index contributed by atoms with van der Waals surface area (Å²) in [6.45, 7) is 0.533. The van der Waals surface area contributed by atoms with Crippen molar-refractivity contribution in [3.63, 3.8) is 0 Å². The van der Waals surface area contributed by atoms with Crippen molar-refractivity contribution in [1.82, 2.24) is 0 Å². The molecule has 1 aromatic heterocycles. The van der Waals surface area contributed by atoms with Gasteiger partial charge in [-0.15, -0.1) is 11.3 Å². The summed E-state index contributed by atoms with van der Waals surface area (Å²) in [5, 5.41) is 18.2. The molecule has 6 heteroatoms. The van der Waals surface area contributed by atoms with Gasteiger partial charge >= 0.3 is 0 Å². The third-order valence-corrected chi connectivity index (χ3v) is 4.54. The number of thiol groups is 1. The van der Waals surface area contributed by atoms with Gasteiger partial charge in [-0.1, -0.05) is 24.8 Å². The van der Waals surface area contributed by atoms with E-state index < -0.39 is 0 Å². The van der Waals surface area contributed by atoms with E-state index in [1.165, 1.54) is 11.3 Å².